The maximum Gasteiger partial charge on any atom is 0.0221 e. The summed E-state index contributed by atoms with van der Waals surface area (Å²) in [6.07, 6.45) is 4.07. The Kier molecular flexibility index (Phi) is 5.62. The molecule has 1 fully saturated rings. The average molecular weight is 212 g/mol. The lowest BCUT2D eigenvalue weighted by Crippen LogP contribution is -2.46. The highest BCUT2D eigenvalue weighted by atomic mass is 15.2. The van der Waals surface area contributed by atoms with Crippen LogP contribution in [0.5, 0.6) is 0 Å². The Morgan fingerprint density at radius 3 is 2.60 bits per heavy atom. The Morgan fingerprint density at radius 1 is 1.33 bits per heavy atom. The van der Waals surface area contributed by atoms with Gasteiger partial charge in [0.2, 0.25) is 0 Å². The van der Waals surface area contributed by atoms with Gasteiger partial charge in [-0.15, -0.1) is 0 Å². The second kappa shape index (κ2) is 6.49. The molecule has 0 aromatic carbocycles. The first kappa shape index (κ1) is 13.0. The summed E-state index contributed by atoms with van der Waals surface area (Å²) in [7, 11) is 0. The van der Waals surface area contributed by atoms with E-state index in [9.17, 15) is 0 Å². The van der Waals surface area contributed by atoms with E-state index in [0.717, 1.165) is 31.1 Å². The zero-order chi connectivity index (χ0) is 11.3. The molecule has 2 heteroatoms. The largest absolute Gasteiger partial charge is 0.315 e. The van der Waals surface area contributed by atoms with Crippen molar-refractivity contribution in [2.24, 2.45) is 5.92 Å². The summed E-state index contributed by atoms with van der Waals surface area (Å²) < 4.78 is 0. The van der Waals surface area contributed by atoms with Crippen molar-refractivity contribution in [2.45, 2.75) is 59.0 Å². The molecule has 0 saturated carbocycles. The molecule has 0 aromatic heterocycles. The van der Waals surface area contributed by atoms with Gasteiger partial charge in [0.1, 0.15) is 0 Å². The average Bonchev–Trinajstić information content (AvgIpc) is 2.68. The van der Waals surface area contributed by atoms with Gasteiger partial charge in [-0.2, -0.15) is 0 Å². The molecule has 0 aliphatic carbocycles. The van der Waals surface area contributed by atoms with E-state index in [-0.39, 0.29) is 0 Å². The molecular formula is C13H28N2. The first-order chi connectivity index (χ1) is 7.20. The minimum Gasteiger partial charge on any atom is -0.315 e. The predicted octanol–water partition coefficient (Wildman–Crippen LogP) is 2.49. The second-order valence-corrected chi connectivity index (χ2v) is 5.06. The Hall–Kier alpha value is -0.0800. The molecule has 0 spiro atoms. The maximum absolute atomic E-state index is 3.49. The fraction of sp³-hybridized carbons (Fsp3) is 1.00. The highest BCUT2D eigenvalue weighted by Crippen LogP contribution is 2.26. The topological polar surface area (TPSA) is 15.3 Å². The highest BCUT2D eigenvalue weighted by molar-refractivity contribution is 4.86. The third-order valence-corrected chi connectivity index (χ3v) is 3.68. The smallest absolute Gasteiger partial charge is 0.0221 e. The van der Waals surface area contributed by atoms with Crippen molar-refractivity contribution in [3.63, 3.8) is 0 Å². The monoisotopic (exact) mass is 212 g/mol. The Balaban J connectivity index is 2.50. The zero-order valence-corrected chi connectivity index (χ0v) is 10.9. The van der Waals surface area contributed by atoms with Gasteiger partial charge in [-0.25, -0.2) is 0 Å². The molecule has 1 saturated heterocycles. The second-order valence-electron chi connectivity index (χ2n) is 5.06. The van der Waals surface area contributed by atoms with Crippen LogP contribution in [0.1, 0.15) is 47.0 Å². The summed E-state index contributed by atoms with van der Waals surface area (Å²) in [5.41, 5.74) is 0. The molecule has 0 aromatic rings. The molecule has 0 amide bonds. The number of nitrogens with one attached hydrogen (secondary N) is 1. The Labute approximate surface area is 95.4 Å². The van der Waals surface area contributed by atoms with E-state index >= 15 is 0 Å². The molecule has 0 radical (unpaired) electrons. The van der Waals surface area contributed by atoms with Crippen LogP contribution in [0.25, 0.3) is 0 Å². The van der Waals surface area contributed by atoms with Gasteiger partial charge in [0.05, 0.1) is 0 Å². The van der Waals surface area contributed by atoms with E-state index in [4.69, 9.17) is 0 Å². The molecule has 15 heavy (non-hydrogen) atoms. The lowest BCUT2D eigenvalue weighted by atomic mass is 10.00. The Morgan fingerprint density at radius 2 is 2.07 bits per heavy atom. The van der Waals surface area contributed by atoms with Crippen molar-refractivity contribution < 1.29 is 0 Å². The standard InChI is InChI=1S/C13H28N2/c1-5-12(10-14-6-2)15-9-7-8-13(15)11(3)4/h11-14H,5-10H2,1-4H3. The molecule has 0 bridgehead atoms. The first-order valence-electron chi connectivity index (χ1n) is 6.67. The van der Waals surface area contributed by atoms with Crippen LogP contribution in [0.4, 0.5) is 0 Å². The molecular weight excluding hydrogens is 184 g/mol. The summed E-state index contributed by atoms with van der Waals surface area (Å²) in [6, 6.07) is 1.58. The lowest BCUT2D eigenvalue weighted by Gasteiger charge is -2.34. The third-order valence-electron chi connectivity index (χ3n) is 3.68. The van der Waals surface area contributed by atoms with E-state index in [1.165, 1.54) is 25.8 Å². The van der Waals surface area contributed by atoms with Crippen molar-refractivity contribution in [1.82, 2.24) is 10.2 Å². The maximum atomic E-state index is 3.49. The van der Waals surface area contributed by atoms with Crippen molar-refractivity contribution >= 4 is 0 Å². The van der Waals surface area contributed by atoms with E-state index in [0.29, 0.717) is 0 Å². The number of nitrogens with zero attached hydrogens (tertiary/aromatic N) is 1. The van der Waals surface area contributed by atoms with E-state index < -0.39 is 0 Å². The first-order valence-corrected chi connectivity index (χ1v) is 6.67. The minimum atomic E-state index is 0.750. The molecule has 2 unspecified atom stereocenters. The number of likely N-dealkylation sites (tertiary alicyclic amines) is 1. The van der Waals surface area contributed by atoms with Crippen molar-refractivity contribution in [3.05, 3.63) is 0 Å². The van der Waals surface area contributed by atoms with E-state index in [1.807, 2.05) is 0 Å². The van der Waals surface area contributed by atoms with Gasteiger partial charge >= 0.3 is 0 Å². The molecule has 1 N–H and O–H groups in total. The fourth-order valence-corrected chi connectivity index (χ4v) is 2.79. The molecule has 2 atom stereocenters. The predicted molar refractivity (Wildman–Crippen MR) is 67.2 cm³/mol. The summed E-state index contributed by atoms with van der Waals surface area (Å²) in [4.78, 5) is 2.74. The van der Waals surface area contributed by atoms with Gasteiger partial charge in [-0.1, -0.05) is 27.7 Å². The van der Waals surface area contributed by atoms with Crippen LogP contribution < -0.4 is 5.32 Å². The molecule has 1 heterocycles. The van der Waals surface area contributed by atoms with Crippen molar-refractivity contribution in [1.29, 1.82) is 0 Å². The van der Waals surface area contributed by atoms with Crippen LogP contribution in [0.3, 0.4) is 0 Å². The van der Waals surface area contributed by atoms with Crippen LogP contribution in [-0.2, 0) is 0 Å². The van der Waals surface area contributed by atoms with Crippen molar-refractivity contribution in [2.75, 3.05) is 19.6 Å². The summed E-state index contributed by atoms with van der Waals surface area (Å²) in [5, 5.41) is 3.49. The van der Waals surface area contributed by atoms with Gasteiger partial charge in [-0.3, -0.25) is 4.90 Å². The van der Waals surface area contributed by atoms with Gasteiger partial charge in [0, 0.05) is 18.6 Å². The number of likely N-dealkylation sites (N-methyl/N-ethyl adjacent to an activating group) is 1. The summed E-state index contributed by atoms with van der Waals surface area (Å²) >= 11 is 0. The third kappa shape index (κ3) is 3.46. The van der Waals surface area contributed by atoms with E-state index in [2.05, 4.69) is 37.9 Å². The quantitative estimate of drug-likeness (QED) is 0.728. The highest BCUT2D eigenvalue weighted by Gasteiger charge is 2.31. The summed E-state index contributed by atoms with van der Waals surface area (Å²) in [6.45, 7) is 12.8. The van der Waals surface area contributed by atoms with Gasteiger partial charge in [-0.05, 0) is 38.3 Å². The van der Waals surface area contributed by atoms with Gasteiger partial charge in [0.25, 0.3) is 0 Å². The van der Waals surface area contributed by atoms with Crippen LogP contribution in [0, 0.1) is 5.92 Å². The Bertz CT molecular complexity index is 168. The van der Waals surface area contributed by atoms with Crippen LogP contribution >= 0.6 is 0 Å². The fourth-order valence-electron chi connectivity index (χ4n) is 2.79. The lowest BCUT2D eigenvalue weighted by molar-refractivity contribution is 0.140. The number of hydrogen-bond acceptors (Lipinski definition) is 2. The molecule has 2 nitrogen and oxygen atoms in total. The minimum absolute atomic E-state index is 0.750. The van der Waals surface area contributed by atoms with Crippen LogP contribution in [0.15, 0.2) is 0 Å². The zero-order valence-electron chi connectivity index (χ0n) is 10.9. The molecule has 1 aliphatic rings. The van der Waals surface area contributed by atoms with Crippen molar-refractivity contribution in [3.8, 4) is 0 Å². The number of rotatable bonds is 6. The van der Waals surface area contributed by atoms with Gasteiger partial charge in [0.15, 0.2) is 0 Å². The number of hydrogen-bond donors (Lipinski definition) is 1. The van der Waals surface area contributed by atoms with Crippen LogP contribution in [-0.4, -0.2) is 36.6 Å². The van der Waals surface area contributed by atoms with E-state index in [1.54, 1.807) is 0 Å². The normalized spacial score (nSPS) is 25.0. The molecule has 1 rings (SSSR count). The van der Waals surface area contributed by atoms with Gasteiger partial charge < -0.3 is 5.32 Å². The molecule has 90 valence electrons. The molecule has 1 aliphatic heterocycles. The van der Waals surface area contributed by atoms with Crippen LogP contribution in [0.2, 0.25) is 0 Å². The summed E-state index contributed by atoms with van der Waals surface area (Å²) in [5.74, 6) is 0.808. The SMILES string of the molecule is CCNCC(CC)N1CCCC1C(C)C.